The van der Waals surface area contributed by atoms with Crippen LogP contribution >= 0.6 is 0 Å². The Labute approximate surface area is 159 Å². The van der Waals surface area contributed by atoms with E-state index < -0.39 is 0 Å². The summed E-state index contributed by atoms with van der Waals surface area (Å²) in [4.78, 5) is 4.80. The van der Waals surface area contributed by atoms with Gasteiger partial charge in [0.25, 0.3) is 0 Å². The molecule has 2 aromatic carbocycles. The zero-order valence-corrected chi connectivity index (χ0v) is 16.5. The van der Waals surface area contributed by atoms with Crippen molar-refractivity contribution in [2.24, 2.45) is 0 Å². The standard InChI is InChI=1S/C24H32N2/c1-20(24(2,25(3)4)19-21-11-7-5-8-12-21)22-13-15-23(16-14-22)26-17-9-6-10-18-26/h5,7-8,11-16H,1,6,9-10,17-19H2,2-4H3. The Hall–Kier alpha value is -2.06. The molecular formula is C24H32N2. The van der Waals surface area contributed by atoms with Gasteiger partial charge >= 0.3 is 0 Å². The van der Waals surface area contributed by atoms with E-state index in [4.69, 9.17) is 0 Å². The van der Waals surface area contributed by atoms with Crippen LogP contribution in [0.15, 0.2) is 61.2 Å². The van der Waals surface area contributed by atoms with Gasteiger partial charge in [-0.1, -0.05) is 49.0 Å². The van der Waals surface area contributed by atoms with Crippen molar-refractivity contribution in [3.63, 3.8) is 0 Å². The van der Waals surface area contributed by atoms with Gasteiger partial charge in [-0.3, -0.25) is 4.90 Å². The van der Waals surface area contributed by atoms with E-state index in [1.807, 2.05) is 0 Å². The first-order valence-corrected chi connectivity index (χ1v) is 9.77. The van der Waals surface area contributed by atoms with Gasteiger partial charge < -0.3 is 4.90 Å². The third-order valence-corrected chi connectivity index (χ3v) is 5.97. The molecule has 0 spiro atoms. The number of rotatable bonds is 6. The molecule has 1 atom stereocenters. The minimum atomic E-state index is -0.117. The number of nitrogens with zero attached hydrogens (tertiary/aromatic N) is 2. The van der Waals surface area contributed by atoms with Gasteiger partial charge in [-0.15, -0.1) is 0 Å². The fourth-order valence-electron chi connectivity index (χ4n) is 3.86. The third kappa shape index (κ3) is 4.02. The third-order valence-electron chi connectivity index (χ3n) is 5.97. The molecule has 1 unspecified atom stereocenters. The van der Waals surface area contributed by atoms with Gasteiger partial charge in [-0.2, -0.15) is 0 Å². The van der Waals surface area contributed by atoms with Gasteiger partial charge in [-0.05, 0) is 75.5 Å². The minimum Gasteiger partial charge on any atom is -0.372 e. The summed E-state index contributed by atoms with van der Waals surface area (Å²) in [5.41, 5.74) is 4.98. The Bertz CT molecular complexity index is 712. The van der Waals surface area contributed by atoms with Crippen molar-refractivity contribution in [2.45, 2.75) is 38.1 Å². The second kappa shape index (κ2) is 8.09. The van der Waals surface area contributed by atoms with E-state index >= 15 is 0 Å². The highest BCUT2D eigenvalue weighted by Crippen LogP contribution is 2.34. The largest absolute Gasteiger partial charge is 0.372 e. The van der Waals surface area contributed by atoms with Crippen molar-refractivity contribution < 1.29 is 0 Å². The second-order valence-corrected chi connectivity index (χ2v) is 7.90. The van der Waals surface area contributed by atoms with Crippen LogP contribution in [0, 0.1) is 0 Å². The average Bonchev–Trinajstić information content (AvgIpc) is 2.69. The monoisotopic (exact) mass is 348 g/mol. The number of benzene rings is 2. The molecule has 0 aromatic heterocycles. The molecule has 0 bridgehead atoms. The molecule has 26 heavy (non-hydrogen) atoms. The van der Waals surface area contributed by atoms with Crippen LogP contribution in [0.5, 0.6) is 0 Å². The molecule has 3 rings (SSSR count). The van der Waals surface area contributed by atoms with Gasteiger partial charge in [0.1, 0.15) is 0 Å². The van der Waals surface area contributed by atoms with Crippen LogP contribution in [0.2, 0.25) is 0 Å². The van der Waals surface area contributed by atoms with E-state index in [0.717, 1.165) is 6.42 Å². The maximum absolute atomic E-state index is 4.50. The first-order chi connectivity index (χ1) is 12.5. The predicted molar refractivity (Wildman–Crippen MR) is 114 cm³/mol. The zero-order chi connectivity index (χ0) is 18.6. The topological polar surface area (TPSA) is 6.48 Å². The van der Waals surface area contributed by atoms with E-state index in [1.54, 1.807) is 0 Å². The number of likely N-dealkylation sites (N-methyl/N-ethyl adjacent to an activating group) is 1. The normalized spacial score (nSPS) is 17.2. The van der Waals surface area contributed by atoms with Crippen LogP contribution in [-0.4, -0.2) is 37.6 Å². The lowest BCUT2D eigenvalue weighted by Gasteiger charge is -2.39. The first kappa shape index (κ1) is 18.7. The molecule has 1 heterocycles. The summed E-state index contributed by atoms with van der Waals surface area (Å²) >= 11 is 0. The Morgan fingerprint density at radius 3 is 2.15 bits per heavy atom. The molecule has 0 amide bonds. The van der Waals surface area contributed by atoms with E-state index in [9.17, 15) is 0 Å². The van der Waals surface area contributed by atoms with Gasteiger partial charge in [0.2, 0.25) is 0 Å². The van der Waals surface area contributed by atoms with Crippen molar-refractivity contribution in [1.82, 2.24) is 4.90 Å². The van der Waals surface area contributed by atoms with E-state index in [-0.39, 0.29) is 5.54 Å². The van der Waals surface area contributed by atoms with Crippen LogP contribution in [0.4, 0.5) is 5.69 Å². The van der Waals surface area contributed by atoms with Crippen molar-refractivity contribution >= 4 is 11.3 Å². The number of hydrogen-bond acceptors (Lipinski definition) is 2. The Kier molecular flexibility index (Phi) is 5.83. The van der Waals surface area contributed by atoms with Crippen LogP contribution in [-0.2, 0) is 6.42 Å². The zero-order valence-electron chi connectivity index (χ0n) is 16.5. The van der Waals surface area contributed by atoms with Crippen LogP contribution in [0.1, 0.15) is 37.3 Å². The Morgan fingerprint density at radius 2 is 1.58 bits per heavy atom. The lowest BCUT2D eigenvalue weighted by atomic mass is 9.81. The second-order valence-electron chi connectivity index (χ2n) is 7.90. The smallest absolute Gasteiger partial charge is 0.0466 e. The summed E-state index contributed by atoms with van der Waals surface area (Å²) in [6.07, 6.45) is 4.94. The highest BCUT2D eigenvalue weighted by molar-refractivity contribution is 5.72. The maximum Gasteiger partial charge on any atom is 0.0466 e. The van der Waals surface area contributed by atoms with Crippen molar-refractivity contribution in [3.8, 4) is 0 Å². The molecular weight excluding hydrogens is 316 g/mol. The molecule has 2 aromatic rings. The Morgan fingerprint density at radius 1 is 0.962 bits per heavy atom. The number of anilines is 1. The quantitative estimate of drug-likeness (QED) is 0.703. The van der Waals surface area contributed by atoms with Crippen LogP contribution < -0.4 is 4.90 Å². The summed E-state index contributed by atoms with van der Waals surface area (Å²) in [5.74, 6) is 0. The van der Waals surface area contributed by atoms with E-state index in [2.05, 4.69) is 92.0 Å². The van der Waals surface area contributed by atoms with Crippen LogP contribution in [0.3, 0.4) is 0 Å². The highest BCUT2D eigenvalue weighted by atomic mass is 15.1. The predicted octanol–water partition coefficient (Wildman–Crippen LogP) is 5.25. The molecule has 2 heteroatoms. The molecule has 1 fully saturated rings. The molecule has 2 nitrogen and oxygen atoms in total. The summed E-state index contributed by atoms with van der Waals surface area (Å²) in [6, 6.07) is 19.7. The molecule has 0 aliphatic carbocycles. The average molecular weight is 349 g/mol. The summed E-state index contributed by atoms with van der Waals surface area (Å²) in [6.45, 7) is 9.16. The fraction of sp³-hybridized carbons (Fsp3) is 0.417. The molecule has 1 aliphatic rings. The Balaban J connectivity index is 1.80. The molecule has 0 saturated carbocycles. The van der Waals surface area contributed by atoms with Crippen molar-refractivity contribution in [3.05, 3.63) is 72.3 Å². The van der Waals surface area contributed by atoms with Gasteiger partial charge in [0.05, 0.1) is 0 Å². The summed E-state index contributed by atoms with van der Waals surface area (Å²) in [5, 5.41) is 0. The molecule has 1 aliphatic heterocycles. The minimum absolute atomic E-state index is 0.117. The van der Waals surface area contributed by atoms with Crippen molar-refractivity contribution in [2.75, 3.05) is 32.1 Å². The van der Waals surface area contributed by atoms with Gasteiger partial charge in [0, 0.05) is 24.3 Å². The highest BCUT2D eigenvalue weighted by Gasteiger charge is 2.31. The van der Waals surface area contributed by atoms with Gasteiger partial charge in [0.15, 0.2) is 0 Å². The molecule has 0 radical (unpaired) electrons. The first-order valence-electron chi connectivity index (χ1n) is 9.77. The summed E-state index contributed by atoms with van der Waals surface area (Å²) < 4.78 is 0. The maximum atomic E-state index is 4.50. The van der Waals surface area contributed by atoms with Crippen molar-refractivity contribution in [1.29, 1.82) is 0 Å². The van der Waals surface area contributed by atoms with E-state index in [0.29, 0.717) is 0 Å². The lowest BCUT2D eigenvalue weighted by Crippen LogP contribution is -2.44. The number of piperidine rings is 1. The lowest BCUT2D eigenvalue weighted by molar-refractivity contribution is 0.240. The summed E-state index contributed by atoms with van der Waals surface area (Å²) in [7, 11) is 4.30. The van der Waals surface area contributed by atoms with Crippen LogP contribution in [0.25, 0.3) is 5.57 Å². The van der Waals surface area contributed by atoms with E-state index in [1.165, 1.54) is 54.7 Å². The number of hydrogen-bond donors (Lipinski definition) is 0. The SMILES string of the molecule is C=C(c1ccc(N2CCCCC2)cc1)C(C)(Cc1ccccc1)N(C)C. The van der Waals surface area contributed by atoms with Gasteiger partial charge in [-0.25, -0.2) is 0 Å². The molecule has 0 N–H and O–H groups in total. The fourth-order valence-corrected chi connectivity index (χ4v) is 3.86. The molecule has 1 saturated heterocycles. The molecule has 138 valence electrons.